The van der Waals surface area contributed by atoms with Crippen molar-refractivity contribution in [3.8, 4) is 5.69 Å². The number of tetrazole rings is 1. The maximum Gasteiger partial charge on any atom is 0.214 e. The highest BCUT2D eigenvalue weighted by molar-refractivity contribution is 7.99. The Balaban J connectivity index is 1.77. The fraction of sp³-hybridized carbons (Fsp3) is 0.222. The van der Waals surface area contributed by atoms with Gasteiger partial charge in [0.15, 0.2) is 5.78 Å². The fourth-order valence-corrected chi connectivity index (χ4v) is 3.24. The molecular weight excluding hydrogens is 320 g/mol. The SMILES string of the molecule is Cc1cc(C)c(C(=O)CSc2nnnn2-c2ccccc2)cc1C. The first-order chi connectivity index (χ1) is 11.6. The number of Topliss-reactive ketones (excluding diaryl/α,β-unsaturated/α-hetero) is 1. The van der Waals surface area contributed by atoms with Gasteiger partial charge in [-0.2, -0.15) is 4.68 Å². The van der Waals surface area contributed by atoms with Gasteiger partial charge in [-0.25, -0.2) is 0 Å². The number of carbonyl (C=O) groups excluding carboxylic acids is 1. The highest BCUT2D eigenvalue weighted by Crippen LogP contribution is 2.22. The average Bonchev–Trinajstić information content (AvgIpc) is 3.05. The summed E-state index contributed by atoms with van der Waals surface area (Å²) in [5.74, 6) is 0.388. The van der Waals surface area contributed by atoms with Crippen LogP contribution >= 0.6 is 11.8 Å². The quantitative estimate of drug-likeness (QED) is 0.526. The Labute approximate surface area is 145 Å². The molecule has 0 atom stereocenters. The van der Waals surface area contributed by atoms with E-state index in [0.717, 1.165) is 22.4 Å². The summed E-state index contributed by atoms with van der Waals surface area (Å²) in [6.07, 6.45) is 0. The van der Waals surface area contributed by atoms with E-state index in [1.807, 2.05) is 50.2 Å². The zero-order valence-corrected chi connectivity index (χ0v) is 14.7. The van der Waals surface area contributed by atoms with E-state index in [2.05, 4.69) is 28.5 Å². The predicted molar refractivity (Wildman–Crippen MR) is 94.9 cm³/mol. The van der Waals surface area contributed by atoms with Crippen molar-refractivity contribution in [1.29, 1.82) is 0 Å². The van der Waals surface area contributed by atoms with Gasteiger partial charge in [-0.05, 0) is 66.1 Å². The maximum absolute atomic E-state index is 12.6. The highest BCUT2D eigenvalue weighted by Gasteiger charge is 2.15. The van der Waals surface area contributed by atoms with Crippen molar-refractivity contribution < 1.29 is 4.79 Å². The Bertz CT molecular complexity index is 874. The molecule has 122 valence electrons. The van der Waals surface area contributed by atoms with Crippen molar-refractivity contribution >= 4 is 17.5 Å². The van der Waals surface area contributed by atoms with Crippen molar-refractivity contribution in [2.45, 2.75) is 25.9 Å². The van der Waals surface area contributed by atoms with Crippen LogP contribution in [0.3, 0.4) is 0 Å². The van der Waals surface area contributed by atoms with Crippen LogP contribution in [0, 0.1) is 20.8 Å². The Morgan fingerprint density at radius 1 is 1.04 bits per heavy atom. The van der Waals surface area contributed by atoms with Gasteiger partial charge >= 0.3 is 0 Å². The standard InChI is InChI=1S/C18H18N4OS/c1-12-9-14(3)16(10-13(12)2)17(23)11-24-18-19-20-21-22(18)15-7-5-4-6-8-15/h4-10H,11H2,1-3H3. The summed E-state index contributed by atoms with van der Waals surface area (Å²) in [7, 11) is 0. The minimum Gasteiger partial charge on any atom is -0.293 e. The molecule has 1 heterocycles. The van der Waals surface area contributed by atoms with Gasteiger partial charge in [-0.3, -0.25) is 4.79 Å². The molecule has 0 saturated heterocycles. The molecule has 0 N–H and O–H groups in total. The summed E-state index contributed by atoms with van der Waals surface area (Å²) in [4.78, 5) is 12.6. The normalized spacial score (nSPS) is 10.8. The zero-order chi connectivity index (χ0) is 17.1. The molecule has 6 heteroatoms. The van der Waals surface area contributed by atoms with Crippen LogP contribution in [0.1, 0.15) is 27.0 Å². The number of hydrogen-bond acceptors (Lipinski definition) is 5. The smallest absolute Gasteiger partial charge is 0.214 e. The van der Waals surface area contributed by atoms with E-state index in [4.69, 9.17) is 0 Å². The van der Waals surface area contributed by atoms with E-state index in [1.54, 1.807) is 4.68 Å². The lowest BCUT2D eigenvalue weighted by molar-refractivity contribution is 0.102. The number of thioether (sulfide) groups is 1. The first-order valence-corrected chi connectivity index (χ1v) is 8.62. The summed E-state index contributed by atoms with van der Waals surface area (Å²) < 4.78 is 1.64. The van der Waals surface area contributed by atoms with Crippen LogP contribution in [0.5, 0.6) is 0 Å². The van der Waals surface area contributed by atoms with Crippen LogP contribution in [0.15, 0.2) is 47.6 Å². The molecule has 3 rings (SSSR count). The molecule has 0 bridgehead atoms. The molecule has 1 aromatic heterocycles. The van der Waals surface area contributed by atoms with Gasteiger partial charge in [-0.15, -0.1) is 5.10 Å². The van der Waals surface area contributed by atoms with Crippen molar-refractivity contribution in [3.05, 3.63) is 64.7 Å². The third kappa shape index (κ3) is 3.38. The number of rotatable bonds is 5. The monoisotopic (exact) mass is 338 g/mol. The van der Waals surface area contributed by atoms with E-state index >= 15 is 0 Å². The highest BCUT2D eigenvalue weighted by atomic mass is 32.2. The van der Waals surface area contributed by atoms with Crippen LogP contribution in [0.4, 0.5) is 0 Å². The molecule has 0 spiro atoms. The minimum absolute atomic E-state index is 0.0863. The predicted octanol–water partition coefficient (Wildman–Crippen LogP) is 3.56. The largest absolute Gasteiger partial charge is 0.293 e. The van der Waals surface area contributed by atoms with Gasteiger partial charge in [-0.1, -0.05) is 36.0 Å². The lowest BCUT2D eigenvalue weighted by atomic mass is 9.99. The molecule has 0 aliphatic rings. The topological polar surface area (TPSA) is 60.7 Å². The third-order valence-corrected chi connectivity index (χ3v) is 4.83. The number of para-hydroxylation sites is 1. The molecular formula is C18H18N4OS. The minimum atomic E-state index is 0.0863. The van der Waals surface area contributed by atoms with E-state index in [0.29, 0.717) is 10.9 Å². The molecule has 3 aromatic rings. The van der Waals surface area contributed by atoms with E-state index in [9.17, 15) is 4.79 Å². The number of carbonyl (C=O) groups is 1. The van der Waals surface area contributed by atoms with Gasteiger partial charge in [0, 0.05) is 5.56 Å². The first kappa shape index (κ1) is 16.4. The van der Waals surface area contributed by atoms with Crippen molar-refractivity contribution in [3.63, 3.8) is 0 Å². The number of nitrogens with zero attached hydrogens (tertiary/aromatic N) is 4. The summed E-state index contributed by atoms with van der Waals surface area (Å²) in [5, 5.41) is 12.4. The van der Waals surface area contributed by atoms with Crippen LogP contribution in [-0.4, -0.2) is 31.7 Å². The van der Waals surface area contributed by atoms with Crippen molar-refractivity contribution in [2.24, 2.45) is 0 Å². The van der Waals surface area contributed by atoms with Gasteiger partial charge in [0.05, 0.1) is 11.4 Å². The van der Waals surface area contributed by atoms with Crippen LogP contribution in [-0.2, 0) is 0 Å². The van der Waals surface area contributed by atoms with Crippen LogP contribution in [0.25, 0.3) is 5.69 Å². The second-order valence-corrected chi connectivity index (χ2v) is 6.61. The Morgan fingerprint density at radius 3 is 2.50 bits per heavy atom. The Hall–Kier alpha value is -2.47. The van der Waals surface area contributed by atoms with E-state index in [-0.39, 0.29) is 5.78 Å². The number of benzene rings is 2. The Morgan fingerprint density at radius 2 is 1.75 bits per heavy atom. The van der Waals surface area contributed by atoms with Crippen LogP contribution < -0.4 is 0 Å². The second kappa shape index (κ2) is 6.97. The molecule has 24 heavy (non-hydrogen) atoms. The molecule has 2 aromatic carbocycles. The number of ketones is 1. The molecule has 0 saturated carbocycles. The summed E-state index contributed by atoms with van der Waals surface area (Å²) >= 11 is 1.35. The number of aryl methyl sites for hydroxylation is 3. The zero-order valence-electron chi connectivity index (χ0n) is 13.9. The van der Waals surface area contributed by atoms with Gasteiger partial charge in [0.25, 0.3) is 0 Å². The fourth-order valence-electron chi connectivity index (χ4n) is 2.47. The summed E-state index contributed by atoms with van der Waals surface area (Å²) in [6, 6.07) is 13.7. The molecule has 0 aliphatic carbocycles. The Kier molecular flexibility index (Phi) is 4.76. The van der Waals surface area contributed by atoms with E-state index in [1.165, 1.54) is 17.3 Å². The molecule has 5 nitrogen and oxygen atoms in total. The van der Waals surface area contributed by atoms with Crippen molar-refractivity contribution in [2.75, 3.05) is 5.75 Å². The third-order valence-electron chi connectivity index (χ3n) is 3.92. The van der Waals surface area contributed by atoms with Gasteiger partial charge in [0.2, 0.25) is 5.16 Å². The molecule has 0 fully saturated rings. The molecule has 0 amide bonds. The van der Waals surface area contributed by atoms with Gasteiger partial charge < -0.3 is 0 Å². The molecule has 0 radical (unpaired) electrons. The van der Waals surface area contributed by atoms with E-state index < -0.39 is 0 Å². The second-order valence-electron chi connectivity index (χ2n) is 5.67. The lowest BCUT2D eigenvalue weighted by Gasteiger charge is -2.09. The molecule has 0 aliphatic heterocycles. The lowest BCUT2D eigenvalue weighted by Crippen LogP contribution is -2.07. The van der Waals surface area contributed by atoms with Crippen molar-refractivity contribution in [1.82, 2.24) is 20.2 Å². The van der Waals surface area contributed by atoms with Crippen LogP contribution in [0.2, 0.25) is 0 Å². The maximum atomic E-state index is 12.6. The first-order valence-electron chi connectivity index (χ1n) is 7.64. The summed E-state index contributed by atoms with van der Waals surface area (Å²) in [5.41, 5.74) is 4.98. The average molecular weight is 338 g/mol. The number of hydrogen-bond donors (Lipinski definition) is 0. The number of aromatic nitrogens is 4. The molecule has 0 unspecified atom stereocenters. The summed E-state index contributed by atoms with van der Waals surface area (Å²) in [6.45, 7) is 6.05. The van der Waals surface area contributed by atoms with Gasteiger partial charge in [0.1, 0.15) is 0 Å².